The van der Waals surface area contributed by atoms with Crippen molar-refractivity contribution >= 4 is 11.9 Å². The number of rotatable bonds is 5. The van der Waals surface area contributed by atoms with Gasteiger partial charge in [-0.15, -0.1) is 0 Å². The summed E-state index contributed by atoms with van der Waals surface area (Å²) in [6.07, 6.45) is 2.38. The van der Waals surface area contributed by atoms with Crippen LogP contribution < -0.4 is 5.32 Å². The number of amides is 1. The molecule has 0 saturated heterocycles. The molecule has 4 heteroatoms. The van der Waals surface area contributed by atoms with Gasteiger partial charge in [-0.3, -0.25) is 4.79 Å². The third kappa shape index (κ3) is 5.71. The van der Waals surface area contributed by atoms with E-state index < -0.39 is 11.7 Å². The van der Waals surface area contributed by atoms with Gasteiger partial charge in [-0.25, -0.2) is 4.79 Å². The van der Waals surface area contributed by atoms with Crippen LogP contribution in [-0.2, 0) is 9.53 Å². The predicted octanol–water partition coefficient (Wildman–Crippen LogP) is 2.52. The van der Waals surface area contributed by atoms with Crippen molar-refractivity contribution in [3.8, 4) is 0 Å². The number of carbonyl (C=O) groups excluding carboxylic acids is 2. The van der Waals surface area contributed by atoms with Gasteiger partial charge in [-0.1, -0.05) is 13.3 Å². The lowest BCUT2D eigenvalue weighted by molar-refractivity contribution is -0.118. The second-order valence-corrected chi connectivity index (χ2v) is 5.76. The smallest absolute Gasteiger partial charge is 0.408 e. The largest absolute Gasteiger partial charge is 0.444 e. The van der Waals surface area contributed by atoms with Crippen molar-refractivity contribution in [3.63, 3.8) is 0 Å². The lowest BCUT2D eigenvalue weighted by Crippen LogP contribution is -2.35. The molecule has 0 spiro atoms. The zero-order valence-electron chi connectivity index (χ0n) is 11.2. The van der Waals surface area contributed by atoms with E-state index >= 15 is 0 Å². The highest BCUT2D eigenvalue weighted by Gasteiger charge is 2.36. The number of hydrogen-bond acceptors (Lipinski definition) is 3. The van der Waals surface area contributed by atoms with Crippen LogP contribution in [0.15, 0.2) is 0 Å². The summed E-state index contributed by atoms with van der Waals surface area (Å²) in [5, 5.41) is 2.49. The highest BCUT2D eigenvalue weighted by molar-refractivity contribution is 5.84. The van der Waals surface area contributed by atoms with E-state index in [-0.39, 0.29) is 12.3 Å². The lowest BCUT2D eigenvalue weighted by Gasteiger charge is -2.19. The number of ketones is 1. The fraction of sp³-hybridized carbons (Fsp3) is 0.846. The first-order valence-corrected chi connectivity index (χ1v) is 6.30. The summed E-state index contributed by atoms with van der Waals surface area (Å²) >= 11 is 0. The molecule has 1 N–H and O–H groups in total. The van der Waals surface area contributed by atoms with E-state index in [4.69, 9.17) is 4.74 Å². The second-order valence-electron chi connectivity index (χ2n) is 5.76. The van der Waals surface area contributed by atoms with Crippen LogP contribution in [0.3, 0.4) is 0 Å². The number of ether oxygens (including phenoxy) is 1. The summed E-state index contributed by atoms with van der Waals surface area (Å²) in [6.45, 7) is 7.62. The van der Waals surface area contributed by atoms with E-state index in [2.05, 4.69) is 12.2 Å². The van der Waals surface area contributed by atoms with Gasteiger partial charge in [0.05, 0.1) is 6.54 Å². The van der Waals surface area contributed by atoms with Gasteiger partial charge in [0.25, 0.3) is 0 Å². The second kappa shape index (κ2) is 5.52. The molecule has 0 radical (unpaired) electrons. The first kappa shape index (κ1) is 14.0. The average molecular weight is 241 g/mol. The van der Waals surface area contributed by atoms with Crippen LogP contribution >= 0.6 is 0 Å². The van der Waals surface area contributed by atoms with Crippen LogP contribution in [0, 0.1) is 11.8 Å². The number of Topliss-reactive ketones (excluding diaryl/α,β-unsaturated/α-hetero) is 1. The van der Waals surface area contributed by atoms with E-state index in [0.29, 0.717) is 12.3 Å². The van der Waals surface area contributed by atoms with Gasteiger partial charge in [0.15, 0.2) is 5.78 Å². The molecule has 1 aliphatic carbocycles. The Morgan fingerprint density at radius 2 is 1.94 bits per heavy atom. The van der Waals surface area contributed by atoms with Gasteiger partial charge >= 0.3 is 6.09 Å². The van der Waals surface area contributed by atoms with Crippen LogP contribution in [0.2, 0.25) is 0 Å². The van der Waals surface area contributed by atoms with E-state index in [0.717, 1.165) is 18.8 Å². The van der Waals surface area contributed by atoms with Gasteiger partial charge in [0, 0.05) is 6.42 Å². The maximum absolute atomic E-state index is 11.6. The number of carbonyl (C=O) groups is 2. The molecule has 0 unspecified atom stereocenters. The van der Waals surface area contributed by atoms with Gasteiger partial charge in [-0.2, -0.15) is 0 Å². The molecule has 0 aromatic heterocycles. The van der Waals surface area contributed by atoms with Crippen LogP contribution in [-0.4, -0.2) is 24.0 Å². The first-order valence-electron chi connectivity index (χ1n) is 6.30. The Bertz CT molecular complexity index is 294. The Morgan fingerprint density at radius 3 is 2.41 bits per heavy atom. The molecule has 4 nitrogen and oxygen atoms in total. The normalized spacial score (nSPS) is 23.1. The van der Waals surface area contributed by atoms with Crippen LogP contribution in [0.25, 0.3) is 0 Å². The molecular formula is C13H23NO3. The monoisotopic (exact) mass is 241 g/mol. The van der Waals surface area contributed by atoms with Crippen LogP contribution in [0.1, 0.15) is 47.0 Å². The number of alkyl carbamates (subject to hydrolysis) is 1. The van der Waals surface area contributed by atoms with Crippen LogP contribution in [0.5, 0.6) is 0 Å². The molecular weight excluding hydrogens is 218 g/mol. The SMILES string of the molecule is CC[C@@H]1C[C@H]1CC(=O)CNC(=O)OC(C)(C)C. The third-order valence-corrected chi connectivity index (χ3v) is 2.91. The summed E-state index contributed by atoms with van der Waals surface area (Å²) < 4.78 is 5.05. The Hall–Kier alpha value is -1.06. The van der Waals surface area contributed by atoms with Crippen molar-refractivity contribution in [3.05, 3.63) is 0 Å². The highest BCUT2D eigenvalue weighted by Crippen LogP contribution is 2.43. The topological polar surface area (TPSA) is 55.4 Å². The van der Waals surface area contributed by atoms with Crippen molar-refractivity contribution in [2.75, 3.05) is 6.54 Å². The fourth-order valence-electron chi connectivity index (χ4n) is 1.91. The van der Waals surface area contributed by atoms with Crippen LogP contribution in [0.4, 0.5) is 4.79 Å². The molecule has 1 fully saturated rings. The minimum absolute atomic E-state index is 0.0852. The molecule has 0 heterocycles. The van der Waals surface area contributed by atoms with Crippen molar-refractivity contribution in [1.82, 2.24) is 5.32 Å². The Morgan fingerprint density at radius 1 is 1.29 bits per heavy atom. The Kier molecular flexibility index (Phi) is 4.54. The molecule has 0 aromatic carbocycles. The molecule has 0 bridgehead atoms. The molecule has 1 saturated carbocycles. The fourth-order valence-corrected chi connectivity index (χ4v) is 1.91. The maximum Gasteiger partial charge on any atom is 0.408 e. The standard InChI is InChI=1S/C13H23NO3/c1-5-9-6-10(9)7-11(15)8-14-12(16)17-13(2,3)4/h9-10H,5-8H2,1-4H3,(H,14,16)/t9-,10+/m1/s1. The molecule has 98 valence electrons. The molecule has 1 amide bonds. The van der Waals surface area contributed by atoms with E-state index in [1.54, 1.807) is 20.8 Å². The van der Waals surface area contributed by atoms with Crippen molar-refractivity contribution in [2.45, 2.75) is 52.6 Å². The Labute approximate surface area is 103 Å². The lowest BCUT2D eigenvalue weighted by atomic mass is 10.1. The summed E-state index contributed by atoms with van der Waals surface area (Å²) in [6, 6.07) is 0. The summed E-state index contributed by atoms with van der Waals surface area (Å²) in [5.41, 5.74) is -0.517. The van der Waals surface area contributed by atoms with E-state index in [9.17, 15) is 9.59 Å². The molecule has 0 aromatic rings. The minimum atomic E-state index is -0.520. The minimum Gasteiger partial charge on any atom is -0.444 e. The molecule has 2 atom stereocenters. The average Bonchev–Trinajstić information content (AvgIpc) is 2.91. The predicted molar refractivity (Wildman–Crippen MR) is 65.7 cm³/mol. The van der Waals surface area contributed by atoms with Gasteiger partial charge in [0.1, 0.15) is 5.60 Å². The van der Waals surface area contributed by atoms with Crippen molar-refractivity contribution in [2.24, 2.45) is 11.8 Å². The highest BCUT2D eigenvalue weighted by atomic mass is 16.6. The van der Waals surface area contributed by atoms with Crippen molar-refractivity contribution < 1.29 is 14.3 Å². The zero-order valence-corrected chi connectivity index (χ0v) is 11.2. The van der Waals surface area contributed by atoms with Gasteiger partial charge in [0.2, 0.25) is 0 Å². The van der Waals surface area contributed by atoms with Gasteiger partial charge in [-0.05, 0) is 39.0 Å². The third-order valence-electron chi connectivity index (χ3n) is 2.91. The summed E-state index contributed by atoms with van der Waals surface area (Å²) in [4.78, 5) is 22.9. The first-order chi connectivity index (χ1) is 7.81. The quantitative estimate of drug-likeness (QED) is 0.804. The van der Waals surface area contributed by atoms with E-state index in [1.807, 2.05) is 0 Å². The van der Waals surface area contributed by atoms with E-state index in [1.165, 1.54) is 0 Å². The summed E-state index contributed by atoms with van der Waals surface area (Å²) in [7, 11) is 0. The van der Waals surface area contributed by atoms with Gasteiger partial charge < -0.3 is 10.1 Å². The van der Waals surface area contributed by atoms with Crippen molar-refractivity contribution in [1.29, 1.82) is 0 Å². The molecule has 17 heavy (non-hydrogen) atoms. The molecule has 0 aliphatic heterocycles. The number of nitrogens with one attached hydrogen (secondary N) is 1. The zero-order chi connectivity index (χ0) is 13.1. The number of hydrogen-bond donors (Lipinski definition) is 1. The summed E-state index contributed by atoms with van der Waals surface area (Å²) in [5.74, 6) is 1.37. The Balaban J connectivity index is 2.14. The maximum atomic E-state index is 11.6. The molecule has 1 rings (SSSR count). The molecule has 1 aliphatic rings.